The summed E-state index contributed by atoms with van der Waals surface area (Å²) in [6.07, 6.45) is 0.991. The second-order valence-corrected chi connectivity index (χ2v) is 5.80. The van der Waals surface area contributed by atoms with Gasteiger partial charge in [-0.3, -0.25) is 0 Å². The van der Waals surface area contributed by atoms with Crippen LogP contribution in [-0.2, 0) is 13.0 Å². The normalized spacial score (nSPS) is 10.4. The van der Waals surface area contributed by atoms with Gasteiger partial charge in [-0.1, -0.05) is 40.5 Å². The van der Waals surface area contributed by atoms with Gasteiger partial charge in [-0.2, -0.15) is 0 Å². The molecule has 1 N–H and O–H groups in total. The van der Waals surface area contributed by atoms with Crippen molar-refractivity contribution in [2.75, 3.05) is 12.4 Å². The summed E-state index contributed by atoms with van der Waals surface area (Å²) in [5.74, 6) is 0.702. The van der Waals surface area contributed by atoms with Crippen LogP contribution in [-0.4, -0.2) is 7.11 Å². The zero-order valence-electron chi connectivity index (χ0n) is 11.5. The number of aryl methyl sites for hydroxylation is 1. The van der Waals surface area contributed by atoms with Gasteiger partial charge in [-0.15, -0.1) is 0 Å². The van der Waals surface area contributed by atoms with E-state index in [4.69, 9.17) is 16.3 Å². The molecule has 0 aliphatic rings. The van der Waals surface area contributed by atoms with Gasteiger partial charge in [0, 0.05) is 16.7 Å². The molecular weight excluding hydrogens is 338 g/mol. The minimum absolute atomic E-state index is 0.637. The van der Waals surface area contributed by atoms with Crippen molar-refractivity contribution < 1.29 is 4.74 Å². The summed E-state index contributed by atoms with van der Waals surface area (Å²) in [5, 5.41) is 4.09. The average Bonchev–Trinajstić information content (AvgIpc) is 2.46. The molecule has 2 rings (SSSR count). The lowest BCUT2D eigenvalue weighted by atomic mass is 10.1. The second-order valence-electron chi connectivity index (χ2n) is 4.48. The summed E-state index contributed by atoms with van der Waals surface area (Å²) in [6.45, 7) is 2.88. The van der Waals surface area contributed by atoms with Gasteiger partial charge in [0.05, 0.1) is 12.1 Å². The number of nitrogens with one attached hydrogen (secondary N) is 1. The maximum atomic E-state index is 6.13. The van der Waals surface area contributed by atoms with Crippen LogP contribution in [0.25, 0.3) is 0 Å². The minimum Gasteiger partial charge on any atom is -0.495 e. The lowest BCUT2D eigenvalue weighted by Crippen LogP contribution is -2.02. The average molecular weight is 355 g/mol. The van der Waals surface area contributed by atoms with Gasteiger partial charge in [-0.05, 0) is 47.9 Å². The predicted octanol–water partition coefficient (Wildman–Crippen LogP) is 5.29. The summed E-state index contributed by atoms with van der Waals surface area (Å²) in [6, 6.07) is 12.1. The van der Waals surface area contributed by atoms with Gasteiger partial charge in [-0.25, -0.2) is 0 Å². The first kappa shape index (κ1) is 15.2. The van der Waals surface area contributed by atoms with Crippen LogP contribution in [0.2, 0.25) is 5.02 Å². The van der Waals surface area contributed by atoms with E-state index in [1.165, 1.54) is 5.56 Å². The number of rotatable bonds is 5. The Labute approximate surface area is 133 Å². The summed E-state index contributed by atoms with van der Waals surface area (Å²) < 4.78 is 6.26. The third-order valence-corrected chi connectivity index (χ3v) is 3.94. The number of methoxy groups -OCH3 is 1. The quantitative estimate of drug-likeness (QED) is 0.788. The van der Waals surface area contributed by atoms with Crippen LogP contribution in [0.4, 0.5) is 5.69 Å². The Bertz CT molecular complexity index is 601. The van der Waals surface area contributed by atoms with Crippen LogP contribution in [0.5, 0.6) is 5.75 Å². The highest BCUT2D eigenvalue weighted by atomic mass is 79.9. The molecule has 0 radical (unpaired) electrons. The van der Waals surface area contributed by atoms with E-state index < -0.39 is 0 Å². The van der Waals surface area contributed by atoms with E-state index >= 15 is 0 Å². The van der Waals surface area contributed by atoms with Crippen molar-refractivity contribution in [2.24, 2.45) is 0 Å². The van der Waals surface area contributed by atoms with E-state index in [9.17, 15) is 0 Å². The summed E-state index contributed by atoms with van der Waals surface area (Å²) in [4.78, 5) is 0. The molecule has 0 bridgehead atoms. The van der Waals surface area contributed by atoms with E-state index in [1.807, 2.05) is 24.3 Å². The van der Waals surface area contributed by atoms with Crippen LogP contribution in [0.1, 0.15) is 18.1 Å². The van der Waals surface area contributed by atoms with Crippen molar-refractivity contribution in [1.29, 1.82) is 0 Å². The molecule has 4 heteroatoms. The number of halogens is 2. The van der Waals surface area contributed by atoms with E-state index in [2.05, 4.69) is 40.3 Å². The van der Waals surface area contributed by atoms with Crippen LogP contribution < -0.4 is 10.1 Å². The van der Waals surface area contributed by atoms with Gasteiger partial charge < -0.3 is 10.1 Å². The molecule has 0 saturated heterocycles. The highest BCUT2D eigenvalue weighted by molar-refractivity contribution is 9.10. The first-order valence-electron chi connectivity index (χ1n) is 6.48. The van der Waals surface area contributed by atoms with E-state index in [-0.39, 0.29) is 0 Å². The number of hydrogen-bond donors (Lipinski definition) is 1. The fourth-order valence-electron chi connectivity index (χ4n) is 2.04. The number of anilines is 1. The standard InChI is InChI=1S/C16H17BrClNO/c1-3-12-9-13(17)5-6-15(12)19-10-11-4-7-16(20-2)14(18)8-11/h4-9,19H,3,10H2,1-2H3. The smallest absolute Gasteiger partial charge is 0.137 e. The Morgan fingerprint density at radius 3 is 2.65 bits per heavy atom. The van der Waals surface area contributed by atoms with Gasteiger partial charge in [0.15, 0.2) is 0 Å². The Kier molecular flexibility index (Phi) is 5.32. The molecule has 0 saturated carbocycles. The molecule has 0 fully saturated rings. The zero-order chi connectivity index (χ0) is 14.5. The first-order valence-corrected chi connectivity index (χ1v) is 7.66. The molecule has 20 heavy (non-hydrogen) atoms. The second kappa shape index (κ2) is 7.00. The topological polar surface area (TPSA) is 21.3 Å². The Morgan fingerprint density at radius 2 is 2.00 bits per heavy atom. The molecule has 0 heterocycles. The zero-order valence-corrected chi connectivity index (χ0v) is 13.9. The summed E-state index contributed by atoms with van der Waals surface area (Å²) in [5.41, 5.74) is 3.57. The molecule has 2 aromatic rings. The van der Waals surface area contributed by atoms with Crippen molar-refractivity contribution in [3.8, 4) is 5.75 Å². The van der Waals surface area contributed by atoms with Gasteiger partial charge in [0.1, 0.15) is 5.75 Å². The Balaban J connectivity index is 2.10. The predicted molar refractivity (Wildman–Crippen MR) is 88.9 cm³/mol. The van der Waals surface area contributed by atoms with Gasteiger partial charge in [0.25, 0.3) is 0 Å². The first-order chi connectivity index (χ1) is 9.63. The lowest BCUT2D eigenvalue weighted by molar-refractivity contribution is 0.415. The van der Waals surface area contributed by atoms with Crippen molar-refractivity contribution in [3.63, 3.8) is 0 Å². The molecule has 0 aliphatic carbocycles. The molecule has 2 nitrogen and oxygen atoms in total. The monoisotopic (exact) mass is 353 g/mol. The number of ether oxygens (including phenoxy) is 1. The fraction of sp³-hybridized carbons (Fsp3) is 0.250. The molecule has 0 atom stereocenters. The summed E-state index contributed by atoms with van der Waals surface area (Å²) >= 11 is 9.63. The molecule has 0 unspecified atom stereocenters. The largest absolute Gasteiger partial charge is 0.495 e. The van der Waals surface area contributed by atoms with Crippen LogP contribution in [0, 0.1) is 0 Å². The van der Waals surface area contributed by atoms with Gasteiger partial charge in [0.2, 0.25) is 0 Å². The van der Waals surface area contributed by atoms with Gasteiger partial charge >= 0.3 is 0 Å². The number of hydrogen-bond acceptors (Lipinski definition) is 2. The lowest BCUT2D eigenvalue weighted by Gasteiger charge is -2.12. The maximum absolute atomic E-state index is 6.13. The molecule has 0 amide bonds. The Hall–Kier alpha value is -1.19. The molecule has 0 aromatic heterocycles. The number of benzene rings is 2. The van der Waals surface area contributed by atoms with Crippen molar-refractivity contribution in [1.82, 2.24) is 0 Å². The third-order valence-electron chi connectivity index (χ3n) is 3.15. The molecule has 0 aliphatic heterocycles. The summed E-state index contributed by atoms with van der Waals surface area (Å²) in [7, 11) is 1.62. The molecule has 106 valence electrons. The van der Waals surface area contributed by atoms with Crippen LogP contribution in [0.15, 0.2) is 40.9 Å². The van der Waals surface area contributed by atoms with Crippen molar-refractivity contribution in [3.05, 3.63) is 57.0 Å². The van der Waals surface area contributed by atoms with E-state index in [0.717, 1.165) is 28.7 Å². The Morgan fingerprint density at radius 1 is 1.20 bits per heavy atom. The van der Waals surface area contributed by atoms with Crippen molar-refractivity contribution >= 4 is 33.2 Å². The fourth-order valence-corrected chi connectivity index (χ4v) is 2.73. The molecule has 2 aromatic carbocycles. The maximum Gasteiger partial charge on any atom is 0.137 e. The third kappa shape index (κ3) is 3.68. The highest BCUT2D eigenvalue weighted by Gasteiger charge is 2.04. The molecule has 0 spiro atoms. The van der Waals surface area contributed by atoms with Crippen molar-refractivity contribution in [2.45, 2.75) is 19.9 Å². The van der Waals surface area contributed by atoms with Crippen LogP contribution in [0.3, 0.4) is 0 Å². The van der Waals surface area contributed by atoms with E-state index in [1.54, 1.807) is 7.11 Å². The highest BCUT2D eigenvalue weighted by Crippen LogP contribution is 2.26. The minimum atomic E-state index is 0.637. The van der Waals surface area contributed by atoms with Crippen LogP contribution >= 0.6 is 27.5 Å². The SMILES string of the molecule is CCc1cc(Br)ccc1NCc1ccc(OC)c(Cl)c1. The molecular formula is C16H17BrClNO. The van der Waals surface area contributed by atoms with E-state index in [0.29, 0.717) is 10.8 Å².